The molecule has 2 saturated heterocycles. The molecule has 0 saturated carbocycles. The van der Waals surface area contributed by atoms with Crippen molar-refractivity contribution < 1.29 is 8.42 Å². The van der Waals surface area contributed by atoms with Gasteiger partial charge < -0.3 is 0 Å². The quantitative estimate of drug-likeness (QED) is 0.828. The van der Waals surface area contributed by atoms with Gasteiger partial charge in [-0.15, -0.1) is 0 Å². The Kier molecular flexibility index (Phi) is 6.37. The van der Waals surface area contributed by atoms with Crippen LogP contribution in [0, 0.1) is 5.92 Å². The Morgan fingerprint density at radius 1 is 1.12 bits per heavy atom. The lowest BCUT2D eigenvalue weighted by Crippen LogP contribution is -2.43. The van der Waals surface area contributed by atoms with E-state index in [0.717, 1.165) is 37.5 Å². The average Bonchev–Trinajstić information content (AvgIpc) is 3.14. The van der Waals surface area contributed by atoms with Gasteiger partial charge in [0, 0.05) is 18.3 Å². The Morgan fingerprint density at radius 3 is 2.31 bits per heavy atom. The monoisotopic (exact) mass is 396 g/mol. The molecule has 6 heteroatoms. The van der Waals surface area contributed by atoms with E-state index in [0.29, 0.717) is 17.4 Å². The molecule has 1 unspecified atom stereocenters. The minimum Gasteiger partial charge on any atom is -0.300 e. The maximum absolute atomic E-state index is 12.6. The van der Waals surface area contributed by atoms with E-state index >= 15 is 0 Å². The van der Waals surface area contributed by atoms with Crippen molar-refractivity contribution in [3.05, 3.63) is 29.8 Å². The van der Waals surface area contributed by atoms with E-state index in [-0.39, 0.29) is 5.41 Å². The second kappa shape index (κ2) is 8.21. The summed E-state index contributed by atoms with van der Waals surface area (Å²) in [5.41, 5.74) is 1.18. The number of piperidine rings is 1. The van der Waals surface area contributed by atoms with Gasteiger partial charge in [-0.25, -0.2) is 13.1 Å². The van der Waals surface area contributed by atoms with Crippen LogP contribution in [0.25, 0.3) is 0 Å². The molecule has 1 aromatic carbocycles. The van der Waals surface area contributed by atoms with Gasteiger partial charge in [0.05, 0.1) is 4.90 Å². The number of benzene rings is 1. The third kappa shape index (κ3) is 5.03. The van der Waals surface area contributed by atoms with Crippen LogP contribution in [0.5, 0.6) is 0 Å². The molecule has 2 fully saturated rings. The van der Waals surface area contributed by atoms with Crippen LogP contribution in [0.4, 0.5) is 0 Å². The van der Waals surface area contributed by atoms with Gasteiger partial charge in [-0.2, -0.15) is 11.8 Å². The van der Waals surface area contributed by atoms with E-state index in [1.165, 1.54) is 17.9 Å². The zero-order chi connectivity index (χ0) is 18.8. The Balaban J connectivity index is 1.51. The SMILES string of the molecule is CC(C)(C)c1ccc(S(=O)(=O)NCC2CCN(C3CCSC3)CC2)cc1. The number of rotatable bonds is 5. The standard InChI is InChI=1S/C20H32N2O2S2/c1-20(2,3)17-4-6-19(7-5-17)26(23,24)21-14-16-8-11-22(12-9-16)18-10-13-25-15-18/h4-7,16,18,21H,8-15H2,1-3H3. The maximum Gasteiger partial charge on any atom is 0.240 e. The van der Waals surface area contributed by atoms with Crippen molar-refractivity contribution in [2.24, 2.45) is 5.92 Å². The van der Waals surface area contributed by atoms with Crippen LogP contribution in [0.3, 0.4) is 0 Å². The molecule has 0 bridgehead atoms. The summed E-state index contributed by atoms with van der Waals surface area (Å²) in [6.45, 7) is 9.16. The molecule has 146 valence electrons. The Morgan fingerprint density at radius 2 is 1.77 bits per heavy atom. The van der Waals surface area contributed by atoms with Crippen molar-refractivity contribution in [1.29, 1.82) is 0 Å². The lowest BCUT2D eigenvalue weighted by atomic mass is 9.87. The summed E-state index contributed by atoms with van der Waals surface area (Å²) in [5.74, 6) is 3.00. The average molecular weight is 397 g/mol. The zero-order valence-corrected chi connectivity index (χ0v) is 17.8. The number of sulfonamides is 1. The van der Waals surface area contributed by atoms with E-state index in [1.807, 2.05) is 12.1 Å². The molecular weight excluding hydrogens is 364 g/mol. The predicted octanol–water partition coefficient (Wildman–Crippen LogP) is 3.48. The van der Waals surface area contributed by atoms with Crippen LogP contribution in [0.1, 0.15) is 45.6 Å². The third-order valence-corrected chi connectivity index (χ3v) is 8.25. The Bertz CT molecular complexity index is 682. The first-order chi connectivity index (χ1) is 12.3. The van der Waals surface area contributed by atoms with Crippen LogP contribution in [-0.2, 0) is 15.4 Å². The lowest BCUT2D eigenvalue weighted by molar-refractivity contribution is 0.145. The summed E-state index contributed by atoms with van der Waals surface area (Å²) in [7, 11) is -3.42. The molecule has 2 heterocycles. The van der Waals surface area contributed by atoms with Crippen LogP contribution in [-0.4, -0.2) is 50.5 Å². The molecule has 3 rings (SSSR count). The van der Waals surface area contributed by atoms with E-state index < -0.39 is 10.0 Å². The summed E-state index contributed by atoms with van der Waals surface area (Å²) < 4.78 is 28.0. The molecule has 2 aliphatic rings. The highest BCUT2D eigenvalue weighted by Gasteiger charge is 2.28. The summed E-state index contributed by atoms with van der Waals surface area (Å²) in [6, 6.07) is 8.05. The second-order valence-electron chi connectivity index (χ2n) is 8.62. The fourth-order valence-electron chi connectivity index (χ4n) is 3.78. The first kappa shape index (κ1) is 20.2. The number of likely N-dealkylation sites (tertiary alicyclic amines) is 1. The van der Waals surface area contributed by atoms with Gasteiger partial charge in [0.25, 0.3) is 0 Å². The molecule has 1 N–H and O–H groups in total. The predicted molar refractivity (Wildman–Crippen MR) is 110 cm³/mol. The van der Waals surface area contributed by atoms with Crippen LogP contribution < -0.4 is 4.72 Å². The van der Waals surface area contributed by atoms with E-state index in [2.05, 4.69) is 42.2 Å². The number of thioether (sulfide) groups is 1. The van der Waals surface area contributed by atoms with Gasteiger partial charge in [-0.05, 0) is 67.1 Å². The fourth-order valence-corrected chi connectivity index (χ4v) is 6.15. The van der Waals surface area contributed by atoms with Gasteiger partial charge >= 0.3 is 0 Å². The fraction of sp³-hybridized carbons (Fsp3) is 0.700. The molecule has 26 heavy (non-hydrogen) atoms. The van der Waals surface area contributed by atoms with Crippen molar-refractivity contribution >= 4 is 21.8 Å². The minimum absolute atomic E-state index is 0.0293. The summed E-state index contributed by atoms with van der Waals surface area (Å²) in [4.78, 5) is 2.97. The molecule has 1 atom stereocenters. The highest BCUT2D eigenvalue weighted by molar-refractivity contribution is 7.99. The van der Waals surface area contributed by atoms with E-state index in [9.17, 15) is 8.42 Å². The molecular formula is C20H32N2O2S2. The van der Waals surface area contributed by atoms with Gasteiger partial charge in [0.15, 0.2) is 0 Å². The second-order valence-corrected chi connectivity index (χ2v) is 11.5. The largest absolute Gasteiger partial charge is 0.300 e. The normalized spacial score (nSPS) is 23.4. The first-order valence-corrected chi connectivity index (χ1v) is 12.3. The van der Waals surface area contributed by atoms with Gasteiger partial charge in [-0.1, -0.05) is 32.9 Å². The van der Waals surface area contributed by atoms with Crippen LogP contribution >= 0.6 is 11.8 Å². The van der Waals surface area contributed by atoms with E-state index in [1.54, 1.807) is 12.1 Å². The molecule has 0 aliphatic carbocycles. The molecule has 2 aliphatic heterocycles. The number of nitrogens with zero attached hydrogens (tertiary/aromatic N) is 1. The number of hydrogen-bond acceptors (Lipinski definition) is 4. The van der Waals surface area contributed by atoms with Gasteiger partial charge in [0.1, 0.15) is 0 Å². The third-order valence-electron chi connectivity index (χ3n) is 5.66. The summed E-state index contributed by atoms with van der Waals surface area (Å²) in [6.07, 6.45) is 3.49. The molecule has 0 aromatic heterocycles. The van der Waals surface area contributed by atoms with Crippen molar-refractivity contribution in [2.45, 2.75) is 56.4 Å². The lowest BCUT2D eigenvalue weighted by Gasteiger charge is -2.35. The van der Waals surface area contributed by atoms with Gasteiger partial charge in [0.2, 0.25) is 10.0 Å². The molecule has 1 aromatic rings. The van der Waals surface area contributed by atoms with E-state index in [4.69, 9.17) is 0 Å². The van der Waals surface area contributed by atoms with Crippen molar-refractivity contribution in [1.82, 2.24) is 9.62 Å². The first-order valence-electron chi connectivity index (χ1n) is 9.68. The molecule has 0 spiro atoms. The maximum atomic E-state index is 12.6. The van der Waals surface area contributed by atoms with Crippen molar-refractivity contribution in [2.75, 3.05) is 31.1 Å². The zero-order valence-electron chi connectivity index (χ0n) is 16.2. The van der Waals surface area contributed by atoms with Crippen LogP contribution in [0.15, 0.2) is 29.2 Å². The van der Waals surface area contributed by atoms with Gasteiger partial charge in [-0.3, -0.25) is 4.90 Å². The summed E-state index contributed by atoms with van der Waals surface area (Å²) in [5, 5.41) is 0. The Hall–Kier alpha value is -0.560. The van der Waals surface area contributed by atoms with Crippen LogP contribution in [0.2, 0.25) is 0 Å². The minimum atomic E-state index is -3.42. The number of nitrogens with one attached hydrogen (secondary N) is 1. The smallest absolute Gasteiger partial charge is 0.240 e. The molecule has 0 radical (unpaired) electrons. The summed E-state index contributed by atoms with van der Waals surface area (Å²) >= 11 is 2.06. The highest BCUT2D eigenvalue weighted by atomic mass is 32.2. The Labute approximate surface area is 163 Å². The topological polar surface area (TPSA) is 49.4 Å². The molecule has 4 nitrogen and oxygen atoms in total. The molecule has 0 amide bonds. The number of hydrogen-bond donors (Lipinski definition) is 1. The van der Waals surface area contributed by atoms with Crippen molar-refractivity contribution in [3.8, 4) is 0 Å². The van der Waals surface area contributed by atoms with Crippen molar-refractivity contribution in [3.63, 3.8) is 0 Å². The highest BCUT2D eigenvalue weighted by Crippen LogP contribution is 2.27.